The summed E-state index contributed by atoms with van der Waals surface area (Å²) in [5.41, 5.74) is 9.70. The maximum absolute atomic E-state index is 13.3. The van der Waals surface area contributed by atoms with Crippen molar-refractivity contribution in [3.8, 4) is 0 Å². The lowest BCUT2D eigenvalue weighted by Gasteiger charge is -2.37. The highest BCUT2D eigenvalue weighted by Crippen LogP contribution is 2.32. The Bertz CT molecular complexity index is 807. The first-order valence-electron chi connectivity index (χ1n) is 9.71. The van der Waals surface area contributed by atoms with Crippen LogP contribution < -0.4 is 10.9 Å². The molecular weight excluding hydrogens is 341 g/mol. The fraction of sp³-hybridized carbons (Fsp3) is 0.409. The minimum Gasteiger partial charge on any atom is -0.338 e. The van der Waals surface area contributed by atoms with Crippen molar-refractivity contribution >= 4 is 5.91 Å². The molecule has 2 aromatic rings. The largest absolute Gasteiger partial charge is 0.338 e. The number of halogens is 1. The topological polar surface area (TPSA) is 44.4 Å². The van der Waals surface area contributed by atoms with Crippen molar-refractivity contribution in [1.82, 2.24) is 15.8 Å². The summed E-state index contributed by atoms with van der Waals surface area (Å²) in [6.07, 6.45) is 2.10. The van der Waals surface area contributed by atoms with Crippen LogP contribution in [0.15, 0.2) is 48.5 Å². The summed E-state index contributed by atoms with van der Waals surface area (Å²) in [4.78, 5) is 14.9. The maximum Gasteiger partial charge on any atom is 0.253 e. The molecule has 3 atom stereocenters. The van der Waals surface area contributed by atoms with Crippen LogP contribution in [-0.4, -0.2) is 36.5 Å². The fourth-order valence-corrected chi connectivity index (χ4v) is 4.44. The number of rotatable bonds is 3. The van der Waals surface area contributed by atoms with Gasteiger partial charge in [0.2, 0.25) is 0 Å². The first-order valence-corrected chi connectivity index (χ1v) is 9.71. The van der Waals surface area contributed by atoms with Crippen LogP contribution in [0.25, 0.3) is 0 Å². The van der Waals surface area contributed by atoms with Gasteiger partial charge in [0.1, 0.15) is 5.82 Å². The molecule has 5 heteroatoms. The van der Waals surface area contributed by atoms with E-state index in [0.29, 0.717) is 5.92 Å². The van der Waals surface area contributed by atoms with E-state index < -0.39 is 0 Å². The Kier molecular flexibility index (Phi) is 5.23. The van der Waals surface area contributed by atoms with Gasteiger partial charge >= 0.3 is 0 Å². The Balaban J connectivity index is 1.49. The van der Waals surface area contributed by atoms with Crippen molar-refractivity contribution < 1.29 is 9.18 Å². The number of nitrogens with one attached hydrogen (secondary N) is 2. The average molecular weight is 367 g/mol. The lowest BCUT2D eigenvalue weighted by atomic mass is 9.81. The van der Waals surface area contributed by atoms with Crippen LogP contribution >= 0.6 is 0 Å². The molecule has 0 aromatic heterocycles. The van der Waals surface area contributed by atoms with Gasteiger partial charge in [0, 0.05) is 37.2 Å². The van der Waals surface area contributed by atoms with Gasteiger partial charge in [-0.25, -0.2) is 4.39 Å². The Morgan fingerprint density at radius 2 is 2.00 bits per heavy atom. The summed E-state index contributed by atoms with van der Waals surface area (Å²) in [6.45, 7) is 4.39. The van der Waals surface area contributed by atoms with Crippen LogP contribution in [0.5, 0.6) is 0 Å². The van der Waals surface area contributed by atoms with Crippen molar-refractivity contribution in [2.45, 2.75) is 31.7 Å². The van der Waals surface area contributed by atoms with Gasteiger partial charge in [-0.15, -0.1) is 0 Å². The van der Waals surface area contributed by atoms with Gasteiger partial charge < -0.3 is 4.90 Å². The molecule has 4 nitrogen and oxygen atoms in total. The third-order valence-corrected chi connectivity index (χ3v) is 5.84. The quantitative estimate of drug-likeness (QED) is 0.875. The van der Waals surface area contributed by atoms with Crippen LogP contribution in [0.2, 0.25) is 0 Å². The summed E-state index contributed by atoms with van der Waals surface area (Å²) in [5.74, 6) is 0.566. The highest BCUT2D eigenvalue weighted by atomic mass is 19.1. The summed E-state index contributed by atoms with van der Waals surface area (Å²) in [7, 11) is 0. The first kappa shape index (κ1) is 18.1. The van der Waals surface area contributed by atoms with Crippen molar-refractivity contribution in [3.05, 3.63) is 71.0 Å². The van der Waals surface area contributed by atoms with Gasteiger partial charge in [-0.1, -0.05) is 29.8 Å². The molecule has 2 heterocycles. The van der Waals surface area contributed by atoms with Crippen molar-refractivity contribution in [1.29, 1.82) is 0 Å². The Morgan fingerprint density at radius 3 is 2.78 bits per heavy atom. The van der Waals surface area contributed by atoms with Gasteiger partial charge in [0.25, 0.3) is 5.91 Å². The van der Waals surface area contributed by atoms with E-state index in [9.17, 15) is 9.18 Å². The number of piperidine rings is 1. The van der Waals surface area contributed by atoms with Crippen LogP contribution in [-0.2, 0) is 0 Å². The van der Waals surface area contributed by atoms with Crippen LogP contribution in [0.3, 0.4) is 0 Å². The number of benzene rings is 2. The Hall–Kier alpha value is -2.24. The van der Waals surface area contributed by atoms with E-state index in [1.54, 1.807) is 0 Å². The van der Waals surface area contributed by atoms with E-state index in [2.05, 4.69) is 10.9 Å². The molecule has 27 heavy (non-hydrogen) atoms. The molecule has 1 amide bonds. The van der Waals surface area contributed by atoms with Gasteiger partial charge in [-0.05, 0) is 55.5 Å². The van der Waals surface area contributed by atoms with Crippen LogP contribution in [0.1, 0.15) is 40.2 Å². The van der Waals surface area contributed by atoms with Gasteiger partial charge in [0.15, 0.2) is 0 Å². The molecule has 3 unspecified atom stereocenters. The van der Waals surface area contributed by atoms with Crippen LogP contribution in [0, 0.1) is 18.7 Å². The number of carbonyl (C=O) groups is 1. The number of nitrogens with zero attached hydrogens (tertiary/aromatic N) is 1. The molecule has 0 bridgehead atoms. The number of aryl methyl sites for hydroxylation is 1. The van der Waals surface area contributed by atoms with Gasteiger partial charge in [-0.2, -0.15) is 0 Å². The molecule has 2 aromatic carbocycles. The molecule has 2 aliphatic rings. The molecule has 0 saturated carbocycles. The first-order chi connectivity index (χ1) is 13.1. The normalized spacial score (nSPS) is 25.6. The van der Waals surface area contributed by atoms with E-state index in [-0.39, 0.29) is 23.7 Å². The van der Waals surface area contributed by atoms with E-state index in [4.69, 9.17) is 0 Å². The SMILES string of the molecule is Cc1cccc(C(=O)N2CCCC(C3NNCC3c3ccc(F)cc3)C2)c1. The summed E-state index contributed by atoms with van der Waals surface area (Å²) >= 11 is 0. The van der Waals surface area contributed by atoms with Crippen molar-refractivity contribution in [3.63, 3.8) is 0 Å². The smallest absolute Gasteiger partial charge is 0.253 e. The van der Waals surface area contributed by atoms with E-state index in [1.807, 2.05) is 48.2 Å². The minimum absolute atomic E-state index is 0.118. The standard InChI is InChI=1S/C22H26FN3O/c1-15-4-2-5-17(12-15)22(27)26-11-3-6-18(14-26)21-20(13-24-25-21)16-7-9-19(23)10-8-16/h2,4-5,7-10,12,18,20-21,24-25H,3,6,11,13-14H2,1H3. The Morgan fingerprint density at radius 1 is 1.19 bits per heavy atom. The third-order valence-electron chi connectivity index (χ3n) is 5.84. The van der Waals surface area contributed by atoms with Crippen molar-refractivity contribution in [2.24, 2.45) is 5.92 Å². The monoisotopic (exact) mass is 367 g/mol. The number of amides is 1. The second-order valence-electron chi connectivity index (χ2n) is 7.73. The third kappa shape index (κ3) is 3.89. The second-order valence-corrected chi connectivity index (χ2v) is 7.73. The summed E-state index contributed by atoms with van der Waals surface area (Å²) in [5, 5.41) is 0. The summed E-state index contributed by atoms with van der Waals surface area (Å²) in [6, 6.07) is 14.9. The van der Waals surface area contributed by atoms with Gasteiger partial charge in [-0.3, -0.25) is 15.6 Å². The maximum atomic E-state index is 13.3. The predicted molar refractivity (Wildman–Crippen MR) is 104 cm³/mol. The number of carbonyl (C=O) groups excluding carboxylic acids is 1. The molecule has 2 saturated heterocycles. The molecule has 0 spiro atoms. The number of likely N-dealkylation sites (tertiary alicyclic amines) is 1. The fourth-order valence-electron chi connectivity index (χ4n) is 4.44. The highest BCUT2D eigenvalue weighted by molar-refractivity contribution is 5.94. The zero-order valence-electron chi connectivity index (χ0n) is 15.6. The minimum atomic E-state index is -0.207. The zero-order chi connectivity index (χ0) is 18.8. The predicted octanol–water partition coefficient (Wildman–Crippen LogP) is 3.25. The molecule has 4 rings (SSSR count). The highest BCUT2D eigenvalue weighted by Gasteiger charge is 2.37. The summed E-state index contributed by atoms with van der Waals surface area (Å²) < 4.78 is 13.3. The molecular formula is C22H26FN3O. The number of hydrogen-bond donors (Lipinski definition) is 2. The van der Waals surface area contributed by atoms with Crippen molar-refractivity contribution in [2.75, 3.05) is 19.6 Å². The van der Waals surface area contributed by atoms with E-state index >= 15 is 0 Å². The Labute approximate surface area is 159 Å². The molecule has 2 fully saturated rings. The van der Waals surface area contributed by atoms with E-state index in [1.165, 1.54) is 12.1 Å². The molecule has 142 valence electrons. The van der Waals surface area contributed by atoms with E-state index in [0.717, 1.165) is 49.2 Å². The molecule has 2 N–H and O–H groups in total. The zero-order valence-corrected chi connectivity index (χ0v) is 15.6. The number of hydrazine groups is 1. The van der Waals surface area contributed by atoms with Crippen LogP contribution in [0.4, 0.5) is 4.39 Å². The second kappa shape index (κ2) is 7.79. The van der Waals surface area contributed by atoms with Gasteiger partial charge in [0.05, 0.1) is 0 Å². The molecule has 0 aliphatic carbocycles. The lowest BCUT2D eigenvalue weighted by Crippen LogP contribution is -2.48. The average Bonchev–Trinajstić information content (AvgIpc) is 3.18. The molecule has 0 radical (unpaired) electrons. The number of hydrogen-bond acceptors (Lipinski definition) is 3. The lowest BCUT2D eigenvalue weighted by molar-refractivity contribution is 0.0644. The molecule has 2 aliphatic heterocycles.